The van der Waals surface area contributed by atoms with Crippen LogP contribution >= 0.6 is 0 Å². The summed E-state index contributed by atoms with van der Waals surface area (Å²) in [5.74, 6) is -0.581. The van der Waals surface area contributed by atoms with Gasteiger partial charge in [0.2, 0.25) is 11.8 Å². The van der Waals surface area contributed by atoms with E-state index in [2.05, 4.69) is 16.7 Å². The number of carbonyl (C=O) groups is 2. The number of nitriles is 1. The molecule has 1 aliphatic rings. The number of halogens is 1. The molecule has 1 saturated carbocycles. The van der Waals surface area contributed by atoms with E-state index in [9.17, 15) is 14.0 Å². The Balaban J connectivity index is 1.42. The minimum atomic E-state index is -0.269. The average Bonchev–Trinajstić information content (AvgIpc) is 2.75. The first-order valence-electron chi connectivity index (χ1n) is 9.89. The predicted octanol–water partition coefficient (Wildman–Crippen LogP) is 3.80. The highest BCUT2D eigenvalue weighted by molar-refractivity contribution is 5.94. The Kier molecular flexibility index (Phi) is 6.96. The van der Waals surface area contributed by atoms with E-state index in [-0.39, 0.29) is 29.5 Å². The average molecular weight is 393 g/mol. The highest BCUT2D eigenvalue weighted by atomic mass is 19.1. The van der Waals surface area contributed by atoms with Crippen molar-refractivity contribution < 1.29 is 14.0 Å². The molecule has 0 atom stereocenters. The summed E-state index contributed by atoms with van der Waals surface area (Å²) in [6, 6.07) is 15.3. The number of rotatable bonds is 6. The molecular weight excluding hydrogens is 369 g/mol. The number of benzene rings is 2. The summed E-state index contributed by atoms with van der Waals surface area (Å²) in [4.78, 5) is 24.9. The molecule has 0 aliphatic heterocycles. The number of hydrogen-bond donors (Lipinski definition) is 2. The fourth-order valence-electron chi connectivity index (χ4n) is 3.67. The molecule has 0 bridgehead atoms. The Morgan fingerprint density at radius 1 is 0.966 bits per heavy atom. The molecule has 29 heavy (non-hydrogen) atoms. The fourth-order valence-corrected chi connectivity index (χ4v) is 3.67. The summed E-state index contributed by atoms with van der Waals surface area (Å²) < 4.78 is 12.9. The van der Waals surface area contributed by atoms with Crippen LogP contribution in [0.15, 0.2) is 48.5 Å². The quantitative estimate of drug-likeness (QED) is 0.783. The predicted molar refractivity (Wildman–Crippen MR) is 108 cm³/mol. The zero-order valence-electron chi connectivity index (χ0n) is 16.2. The lowest BCUT2D eigenvalue weighted by Crippen LogP contribution is -2.36. The second-order valence-corrected chi connectivity index (χ2v) is 7.36. The normalized spacial score (nSPS) is 18.5. The van der Waals surface area contributed by atoms with Crippen LogP contribution in [0.2, 0.25) is 0 Å². The molecule has 0 unspecified atom stereocenters. The van der Waals surface area contributed by atoms with Crippen molar-refractivity contribution in [3.63, 3.8) is 0 Å². The lowest BCUT2D eigenvalue weighted by Gasteiger charge is -2.27. The Morgan fingerprint density at radius 2 is 1.59 bits per heavy atom. The fraction of sp³-hybridized carbons (Fsp3) is 0.348. The van der Waals surface area contributed by atoms with Gasteiger partial charge in [0.15, 0.2) is 0 Å². The molecule has 0 saturated heterocycles. The highest BCUT2D eigenvalue weighted by Gasteiger charge is 2.30. The van der Waals surface area contributed by atoms with Gasteiger partial charge in [0, 0.05) is 18.4 Å². The summed E-state index contributed by atoms with van der Waals surface area (Å²) in [5.41, 5.74) is 1.94. The molecule has 0 radical (unpaired) electrons. The van der Waals surface area contributed by atoms with Crippen molar-refractivity contribution in [3.8, 4) is 6.07 Å². The van der Waals surface area contributed by atoms with Crippen molar-refractivity contribution in [2.24, 2.45) is 11.8 Å². The van der Waals surface area contributed by atoms with Crippen molar-refractivity contribution in [1.82, 2.24) is 5.32 Å². The van der Waals surface area contributed by atoms with Gasteiger partial charge in [-0.25, -0.2) is 4.39 Å². The molecule has 2 aromatic rings. The topological polar surface area (TPSA) is 82.0 Å². The standard InChI is InChI=1S/C23H24FN3O2/c24-20-11-5-16(6-12-20)13-14-26-22(28)17-7-9-18(10-8-17)23(29)27-21-4-2-1-3-19(21)15-25/h1-6,11-12,17-18H,7-10,13-14H2,(H,26,28)(H,27,29). The Hall–Kier alpha value is -3.20. The van der Waals surface area contributed by atoms with E-state index in [1.165, 1.54) is 12.1 Å². The minimum absolute atomic E-state index is 0.0146. The zero-order chi connectivity index (χ0) is 20.6. The summed E-state index contributed by atoms with van der Waals surface area (Å²) in [6.45, 7) is 0.510. The first-order valence-corrected chi connectivity index (χ1v) is 9.89. The van der Waals surface area contributed by atoms with Gasteiger partial charge in [0.1, 0.15) is 11.9 Å². The van der Waals surface area contributed by atoms with Crippen LogP contribution in [-0.2, 0) is 16.0 Å². The smallest absolute Gasteiger partial charge is 0.227 e. The van der Waals surface area contributed by atoms with Crippen LogP contribution in [0, 0.1) is 29.0 Å². The lowest BCUT2D eigenvalue weighted by atomic mass is 9.81. The number of nitrogens with one attached hydrogen (secondary N) is 2. The summed E-state index contributed by atoms with van der Waals surface area (Å²) in [6.07, 6.45) is 3.29. The van der Waals surface area contributed by atoms with E-state index in [0.29, 0.717) is 49.9 Å². The van der Waals surface area contributed by atoms with Gasteiger partial charge in [-0.2, -0.15) is 5.26 Å². The number of anilines is 1. The van der Waals surface area contributed by atoms with E-state index in [0.717, 1.165) is 5.56 Å². The van der Waals surface area contributed by atoms with Crippen LogP contribution in [-0.4, -0.2) is 18.4 Å². The van der Waals surface area contributed by atoms with Crippen molar-refractivity contribution in [2.75, 3.05) is 11.9 Å². The van der Waals surface area contributed by atoms with Crippen molar-refractivity contribution in [1.29, 1.82) is 5.26 Å². The van der Waals surface area contributed by atoms with E-state index in [1.807, 2.05) is 0 Å². The van der Waals surface area contributed by atoms with E-state index in [1.54, 1.807) is 36.4 Å². The van der Waals surface area contributed by atoms with Crippen LogP contribution in [0.5, 0.6) is 0 Å². The van der Waals surface area contributed by atoms with Crippen LogP contribution in [0.25, 0.3) is 0 Å². The maximum Gasteiger partial charge on any atom is 0.227 e. The van der Waals surface area contributed by atoms with Gasteiger partial charge in [-0.1, -0.05) is 24.3 Å². The maximum absolute atomic E-state index is 12.9. The van der Waals surface area contributed by atoms with Gasteiger partial charge >= 0.3 is 0 Å². The molecule has 2 N–H and O–H groups in total. The van der Waals surface area contributed by atoms with Crippen molar-refractivity contribution in [2.45, 2.75) is 32.1 Å². The summed E-state index contributed by atoms with van der Waals surface area (Å²) in [7, 11) is 0. The van der Waals surface area contributed by atoms with Crippen LogP contribution in [0.1, 0.15) is 36.8 Å². The first-order chi connectivity index (χ1) is 14.1. The monoisotopic (exact) mass is 393 g/mol. The van der Waals surface area contributed by atoms with E-state index in [4.69, 9.17) is 5.26 Å². The third-order valence-corrected chi connectivity index (χ3v) is 5.40. The SMILES string of the molecule is N#Cc1ccccc1NC(=O)C1CCC(C(=O)NCCc2ccc(F)cc2)CC1. The second-order valence-electron chi connectivity index (χ2n) is 7.36. The van der Waals surface area contributed by atoms with E-state index >= 15 is 0 Å². The largest absolute Gasteiger partial charge is 0.356 e. The molecule has 150 valence electrons. The molecule has 0 heterocycles. The summed E-state index contributed by atoms with van der Waals surface area (Å²) in [5, 5.41) is 14.9. The molecule has 2 aromatic carbocycles. The number of para-hydroxylation sites is 1. The molecule has 0 aromatic heterocycles. The molecule has 5 nitrogen and oxygen atoms in total. The third kappa shape index (κ3) is 5.64. The molecule has 1 fully saturated rings. The van der Waals surface area contributed by atoms with Crippen molar-refractivity contribution >= 4 is 17.5 Å². The molecule has 6 heteroatoms. The van der Waals surface area contributed by atoms with Gasteiger partial charge in [-0.3, -0.25) is 9.59 Å². The van der Waals surface area contributed by atoms with Crippen molar-refractivity contribution in [3.05, 3.63) is 65.5 Å². The second kappa shape index (κ2) is 9.83. The highest BCUT2D eigenvalue weighted by Crippen LogP contribution is 2.30. The minimum Gasteiger partial charge on any atom is -0.356 e. The Labute approximate surface area is 169 Å². The number of hydrogen-bond acceptors (Lipinski definition) is 3. The van der Waals surface area contributed by atoms with Crippen LogP contribution in [0.3, 0.4) is 0 Å². The van der Waals surface area contributed by atoms with Crippen LogP contribution in [0.4, 0.5) is 10.1 Å². The maximum atomic E-state index is 12.9. The first kappa shape index (κ1) is 20.5. The molecule has 0 spiro atoms. The van der Waals surface area contributed by atoms with Gasteiger partial charge in [-0.05, 0) is 61.9 Å². The zero-order valence-corrected chi connectivity index (χ0v) is 16.2. The molecule has 2 amide bonds. The summed E-state index contributed by atoms with van der Waals surface area (Å²) >= 11 is 0. The lowest BCUT2D eigenvalue weighted by molar-refractivity contribution is -0.128. The van der Waals surface area contributed by atoms with Gasteiger partial charge in [-0.15, -0.1) is 0 Å². The van der Waals surface area contributed by atoms with E-state index < -0.39 is 0 Å². The molecule has 1 aliphatic carbocycles. The molecule has 3 rings (SSSR count). The van der Waals surface area contributed by atoms with Gasteiger partial charge in [0.05, 0.1) is 11.3 Å². The third-order valence-electron chi connectivity index (χ3n) is 5.40. The van der Waals surface area contributed by atoms with Gasteiger partial charge < -0.3 is 10.6 Å². The molecular formula is C23H24FN3O2. The Morgan fingerprint density at radius 3 is 2.24 bits per heavy atom. The Bertz CT molecular complexity index is 897. The number of carbonyl (C=O) groups excluding carboxylic acids is 2. The van der Waals surface area contributed by atoms with Gasteiger partial charge in [0.25, 0.3) is 0 Å². The number of nitrogens with zero attached hydrogens (tertiary/aromatic N) is 1. The van der Waals surface area contributed by atoms with Crippen LogP contribution < -0.4 is 10.6 Å². The number of amides is 2.